The number of alkyl halides is 3. The molecule has 0 spiro atoms. The lowest BCUT2D eigenvalue weighted by molar-refractivity contribution is -0.137. The lowest BCUT2D eigenvalue weighted by Gasteiger charge is -2.20. The van der Waals surface area contributed by atoms with E-state index in [1.54, 1.807) is 0 Å². The van der Waals surface area contributed by atoms with Crippen molar-refractivity contribution >= 4 is 39.0 Å². The highest BCUT2D eigenvalue weighted by atomic mass is 79.9. The average Bonchev–Trinajstić information content (AvgIpc) is 3.61. The maximum atomic E-state index is 14.8. The van der Waals surface area contributed by atoms with E-state index >= 15 is 0 Å². The Morgan fingerprint density at radius 2 is 1.83 bits per heavy atom. The van der Waals surface area contributed by atoms with Gasteiger partial charge in [0.1, 0.15) is 12.1 Å². The molecule has 1 saturated carbocycles. The highest BCUT2D eigenvalue weighted by Gasteiger charge is 2.51. The Balaban J connectivity index is 1.44. The number of rotatable bonds is 8. The number of carbonyl (C=O) groups excluding carboxylic acids is 2. The molecule has 1 fully saturated rings. The van der Waals surface area contributed by atoms with Crippen molar-refractivity contribution in [2.75, 3.05) is 5.32 Å². The third-order valence-corrected chi connectivity index (χ3v) is 6.40. The van der Waals surface area contributed by atoms with Gasteiger partial charge in [-0.05, 0) is 38.0 Å². The first-order valence-corrected chi connectivity index (χ1v) is 11.7. The van der Waals surface area contributed by atoms with Gasteiger partial charge in [0.05, 0.1) is 45.8 Å². The van der Waals surface area contributed by atoms with Crippen LogP contribution in [-0.2, 0) is 11.0 Å². The molecule has 7 nitrogen and oxygen atoms in total. The number of halogens is 5. The van der Waals surface area contributed by atoms with E-state index in [0.29, 0.717) is 18.4 Å². The fourth-order valence-electron chi connectivity index (χ4n) is 3.76. The van der Waals surface area contributed by atoms with Crippen molar-refractivity contribution in [3.63, 3.8) is 0 Å². The Morgan fingerprint density at radius 1 is 1.14 bits per heavy atom. The van der Waals surface area contributed by atoms with Gasteiger partial charge < -0.3 is 10.6 Å². The van der Waals surface area contributed by atoms with Gasteiger partial charge in [0.2, 0.25) is 5.91 Å². The van der Waals surface area contributed by atoms with Crippen LogP contribution >= 0.6 is 15.9 Å². The normalized spacial score (nSPS) is 15.2. The van der Waals surface area contributed by atoms with Crippen LogP contribution in [0.1, 0.15) is 53.8 Å². The van der Waals surface area contributed by atoms with Crippen LogP contribution in [0.3, 0.4) is 0 Å². The molecule has 3 aromatic rings. The number of hydrogen-bond acceptors (Lipinski definition) is 6. The molecule has 1 amide bonds. The minimum absolute atomic E-state index is 0.0111. The second-order valence-electron chi connectivity index (χ2n) is 8.61. The lowest BCUT2D eigenvalue weighted by Crippen LogP contribution is -2.36. The van der Waals surface area contributed by atoms with E-state index in [1.165, 1.54) is 44.0 Å². The molecule has 1 aromatic carbocycles. The van der Waals surface area contributed by atoms with Crippen molar-refractivity contribution in [2.45, 2.75) is 38.4 Å². The molecule has 36 heavy (non-hydrogen) atoms. The number of amides is 1. The number of Topliss-reactive ketones (excluding diaryl/α,β-unsaturated/α-hetero) is 1. The van der Waals surface area contributed by atoms with E-state index in [2.05, 4.69) is 41.5 Å². The summed E-state index contributed by atoms with van der Waals surface area (Å²) in [5.41, 5.74) is -1.83. The zero-order valence-electron chi connectivity index (χ0n) is 18.9. The largest absolute Gasteiger partial charge is 0.418 e. The lowest BCUT2D eigenvalue weighted by atomic mass is 9.95. The van der Waals surface area contributed by atoms with Crippen LogP contribution in [0.4, 0.5) is 28.9 Å². The Labute approximate surface area is 211 Å². The fourth-order valence-corrected chi connectivity index (χ4v) is 4.12. The number of anilines is 2. The number of ketones is 1. The van der Waals surface area contributed by atoms with Crippen LogP contribution in [0.5, 0.6) is 0 Å². The summed E-state index contributed by atoms with van der Waals surface area (Å²) in [6.45, 7) is 1.54. The number of nitrogens with zero attached hydrogens (tertiary/aromatic N) is 3. The minimum atomic E-state index is -4.62. The van der Waals surface area contributed by atoms with E-state index in [0.717, 1.165) is 12.1 Å². The predicted molar refractivity (Wildman–Crippen MR) is 126 cm³/mol. The summed E-state index contributed by atoms with van der Waals surface area (Å²) in [4.78, 5) is 37.0. The van der Waals surface area contributed by atoms with Crippen molar-refractivity contribution < 1.29 is 27.2 Å². The van der Waals surface area contributed by atoms with E-state index in [4.69, 9.17) is 0 Å². The highest BCUT2D eigenvalue weighted by Crippen LogP contribution is 2.50. The van der Waals surface area contributed by atoms with E-state index in [1.807, 2.05) is 0 Å². The number of benzene rings is 1. The summed E-state index contributed by atoms with van der Waals surface area (Å²) in [7, 11) is 0. The summed E-state index contributed by atoms with van der Waals surface area (Å²) in [6, 6.07) is 3.74. The standard InChI is InChI=1S/C24H20BrF4N5O2/c1-13(33-22(36)23(4-5-23)8-20(35)14-9-30-12-31-10-14)21-18(26)7-16(11-32-21)34-19-3-2-15(25)6-17(19)24(27,28)29/h2-3,6-7,9-13,34H,4-5,8H2,1H3,(H,33,36). The molecule has 12 heteroatoms. The Hall–Kier alpha value is -3.41. The molecule has 1 aliphatic carbocycles. The Bertz CT molecular complexity index is 1300. The van der Waals surface area contributed by atoms with Gasteiger partial charge in [0.15, 0.2) is 5.78 Å². The highest BCUT2D eigenvalue weighted by molar-refractivity contribution is 9.10. The third kappa shape index (κ3) is 5.69. The molecular weight excluding hydrogens is 546 g/mol. The van der Waals surface area contributed by atoms with Crippen LogP contribution in [-0.4, -0.2) is 26.6 Å². The second-order valence-corrected chi connectivity index (χ2v) is 9.52. The second kappa shape index (κ2) is 9.92. The van der Waals surface area contributed by atoms with Gasteiger partial charge in [-0.2, -0.15) is 13.2 Å². The van der Waals surface area contributed by atoms with E-state index < -0.39 is 34.9 Å². The van der Waals surface area contributed by atoms with Crippen LogP contribution in [0.2, 0.25) is 0 Å². The SMILES string of the molecule is CC(NC(=O)C1(CC(=O)c2cncnc2)CC1)c1ncc(Nc2ccc(Br)cc2C(F)(F)F)cc1F. The van der Waals surface area contributed by atoms with Gasteiger partial charge in [-0.15, -0.1) is 0 Å². The van der Waals surface area contributed by atoms with Gasteiger partial charge in [-0.1, -0.05) is 15.9 Å². The topological polar surface area (TPSA) is 96.9 Å². The van der Waals surface area contributed by atoms with E-state index in [-0.39, 0.29) is 33.7 Å². The van der Waals surface area contributed by atoms with Crippen LogP contribution < -0.4 is 10.6 Å². The average molecular weight is 566 g/mol. The number of nitrogens with one attached hydrogen (secondary N) is 2. The van der Waals surface area contributed by atoms with Gasteiger partial charge >= 0.3 is 6.18 Å². The molecule has 0 bridgehead atoms. The van der Waals surface area contributed by atoms with Gasteiger partial charge in [0, 0.05) is 29.4 Å². The fraction of sp³-hybridized carbons (Fsp3) is 0.292. The molecule has 2 N–H and O–H groups in total. The maximum absolute atomic E-state index is 14.8. The maximum Gasteiger partial charge on any atom is 0.418 e. The molecule has 4 rings (SSSR count). The summed E-state index contributed by atoms with van der Waals surface area (Å²) >= 11 is 3.02. The minimum Gasteiger partial charge on any atom is -0.354 e. The number of aromatic nitrogens is 3. The van der Waals surface area contributed by atoms with Crippen molar-refractivity contribution in [1.82, 2.24) is 20.3 Å². The molecule has 2 heterocycles. The van der Waals surface area contributed by atoms with Gasteiger partial charge in [0.25, 0.3) is 0 Å². The Morgan fingerprint density at radius 3 is 2.44 bits per heavy atom. The molecule has 0 radical (unpaired) electrons. The quantitative estimate of drug-likeness (QED) is 0.266. The molecular formula is C24H20BrF4N5O2. The Kier molecular flexibility index (Phi) is 7.07. The van der Waals surface area contributed by atoms with Gasteiger partial charge in [-0.25, -0.2) is 14.4 Å². The molecule has 1 atom stereocenters. The smallest absolute Gasteiger partial charge is 0.354 e. The molecule has 0 aliphatic heterocycles. The third-order valence-electron chi connectivity index (χ3n) is 5.91. The zero-order valence-corrected chi connectivity index (χ0v) is 20.5. The molecule has 1 unspecified atom stereocenters. The zero-order chi connectivity index (χ0) is 26.1. The van der Waals surface area contributed by atoms with Crippen molar-refractivity contribution in [1.29, 1.82) is 0 Å². The molecule has 188 valence electrons. The first-order chi connectivity index (χ1) is 17.0. The first kappa shape index (κ1) is 25.7. The molecule has 0 saturated heterocycles. The predicted octanol–water partition coefficient (Wildman–Crippen LogP) is 5.77. The van der Waals surface area contributed by atoms with E-state index in [9.17, 15) is 27.2 Å². The number of hydrogen-bond donors (Lipinski definition) is 2. The van der Waals surface area contributed by atoms with Crippen LogP contribution in [0, 0.1) is 11.2 Å². The van der Waals surface area contributed by atoms with Gasteiger partial charge in [-0.3, -0.25) is 14.6 Å². The molecule has 1 aliphatic rings. The van der Waals surface area contributed by atoms with Crippen molar-refractivity contribution in [3.8, 4) is 0 Å². The summed E-state index contributed by atoms with van der Waals surface area (Å²) in [6.07, 6.45) is 1.64. The monoisotopic (exact) mass is 565 g/mol. The summed E-state index contributed by atoms with van der Waals surface area (Å²) in [5, 5.41) is 5.25. The van der Waals surface area contributed by atoms with Crippen molar-refractivity contribution in [2.24, 2.45) is 5.41 Å². The summed E-state index contributed by atoms with van der Waals surface area (Å²) < 4.78 is 55.2. The van der Waals surface area contributed by atoms with Crippen molar-refractivity contribution in [3.05, 3.63) is 76.3 Å². The van der Waals surface area contributed by atoms with Crippen LogP contribution in [0.25, 0.3) is 0 Å². The first-order valence-electron chi connectivity index (χ1n) is 10.9. The number of carbonyl (C=O) groups is 2. The van der Waals surface area contributed by atoms with Crippen LogP contribution in [0.15, 0.2) is 53.7 Å². The summed E-state index contributed by atoms with van der Waals surface area (Å²) in [5.74, 6) is -1.46. The molecule has 2 aromatic heterocycles. The number of pyridine rings is 1.